The molecule has 0 aliphatic heterocycles. The van der Waals surface area contributed by atoms with E-state index in [-0.39, 0.29) is 23.3 Å². The minimum atomic E-state index is -0.223. The summed E-state index contributed by atoms with van der Waals surface area (Å²) in [5, 5.41) is 0. The summed E-state index contributed by atoms with van der Waals surface area (Å²) < 4.78 is 25.2. The smallest absolute Gasteiger partial charge is 0.306 e. The Kier molecular flexibility index (Phi) is 6.68. The van der Waals surface area contributed by atoms with Crippen LogP contribution in [0.15, 0.2) is 42.5 Å². The van der Waals surface area contributed by atoms with Gasteiger partial charge in [-0.25, -0.2) is 4.39 Å². The Morgan fingerprint density at radius 1 is 1.09 bits per heavy atom. The first-order valence-electron chi connectivity index (χ1n) is 13.2. The van der Waals surface area contributed by atoms with Crippen molar-refractivity contribution in [2.75, 3.05) is 0 Å². The third-order valence-corrected chi connectivity index (χ3v) is 8.94. The number of fused-ring (bicyclic) bond motifs is 5. The summed E-state index contributed by atoms with van der Waals surface area (Å²) >= 11 is 0. The summed E-state index contributed by atoms with van der Waals surface area (Å²) in [6.07, 6.45) is 9.38. The zero-order valence-electron chi connectivity index (χ0n) is 20.5. The number of ether oxygens (including phenoxy) is 2. The lowest BCUT2D eigenvalue weighted by molar-refractivity contribution is -0.157. The third kappa shape index (κ3) is 4.48. The van der Waals surface area contributed by atoms with E-state index in [1.807, 2.05) is 0 Å². The Morgan fingerprint density at radius 3 is 2.71 bits per heavy atom. The van der Waals surface area contributed by atoms with Crippen LogP contribution in [0.5, 0.6) is 5.75 Å². The van der Waals surface area contributed by atoms with Crippen molar-refractivity contribution in [1.82, 2.24) is 0 Å². The van der Waals surface area contributed by atoms with Gasteiger partial charge in [0.2, 0.25) is 0 Å². The van der Waals surface area contributed by atoms with E-state index in [4.69, 9.17) is 9.47 Å². The van der Waals surface area contributed by atoms with Crippen molar-refractivity contribution in [3.8, 4) is 5.75 Å². The Labute approximate surface area is 203 Å². The molecular weight excluding hydrogens is 427 g/mol. The number of aryl methyl sites for hydroxylation is 1. The number of esters is 1. The van der Waals surface area contributed by atoms with E-state index < -0.39 is 0 Å². The molecule has 0 heterocycles. The maximum Gasteiger partial charge on any atom is 0.306 e. The Morgan fingerprint density at radius 2 is 1.91 bits per heavy atom. The van der Waals surface area contributed by atoms with E-state index in [0.717, 1.165) is 43.4 Å². The second-order valence-electron chi connectivity index (χ2n) is 10.9. The molecule has 3 nitrogen and oxygen atoms in total. The molecule has 0 radical (unpaired) electrons. The van der Waals surface area contributed by atoms with Crippen LogP contribution in [0.4, 0.5) is 4.39 Å². The van der Waals surface area contributed by atoms with Gasteiger partial charge >= 0.3 is 5.97 Å². The minimum absolute atomic E-state index is 0.00185. The van der Waals surface area contributed by atoms with E-state index >= 15 is 0 Å². The van der Waals surface area contributed by atoms with Crippen LogP contribution in [0.3, 0.4) is 0 Å². The monoisotopic (exact) mass is 464 g/mol. The second kappa shape index (κ2) is 9.71. The molecule has 5 atom stereocenters. The summed E-state index contributed by atoms with van der Waals surface area (Å²) in [7, 11) is 0. The van der Waals surface area contributed by atoms with Gasteiger partial charge in [-0.05, 0) is 104 Å². The van der Waals surface area contributed by atoms with Gasteiger partial charge in [0.1, 0.15) is 24.3 Å². The van der Waals surface area contributed by atoms with Crippen LogP contribution >= 0.6 is 0 Å². The number of benzene rings is 2. The Bertz CT molecular complexity index is 1020. The van der Waals surface area contributed by atoms with Gasteiger partial charge in [0.05, 0.1) is 0 Å². The zero-order valence-corrected chi connectivity index (χ0v) is 20.5. The molecular formula is C30H37FO3. The zero-order chi connectivity index (χ0) is 23.7. The van der Waals surface area contributed by atoms with Gasteiger partial charge in [0.15, 0.2) is 0 Å². The standard InChI is InChI=1S/C30H37FO3/c1-3-4-5-29(32)34-28-15-14-27-26-12-8-21-18-23(33-19-20-6-9-22(31)10-7-20)11-13-24(21)25(26)16-17-30(27,28)2/h6-7,9-11,13,18,25-28H,3-5,8,12,14-17,19H2,1-2H3/t25-,26+,27+,28+,30-/m0/s1. The number of halogens is 1. The lowest BCUT2D eigenvalue weighted by Gasteiger charge is -2.50. The number of carbonyl (C=O) groups excluding carboxylic acids is 1. The van der Waals surface area contributed by atoms with Crippen molar-refractivity contribution in [1.29, 1.82) is 0 Å². The predicted octanol–water partition coefficient (Wildman–Crippen LogP) is 7.36. The van der Waals surface area contributed by atoms with E-state index in [2.05, 4.69) is 32.0 Å². The van der Waals surface area contributed by atoms with Gasteiger partial charge in [-0.15, -0.1) is 0 Å². The van der Waals surface area contributed by atoms with Crippen molar-refractivity contribution >= 4 is 5.97 Å². The van der Waals surface area contributed by atoms with Crippen LogP contribution in [0, 0.1) is 23.1 Å². The maximum atomic E-state index is 13.1. The van der Waals surface area contributed by atoms with Gasteiger partial charge in [-0.2, -0.15) is 0 Å². The molecule has 2 saturated carbocycles. The molecule has 0 N–H and O–H groups in total. The largest absolute Gasteiger partial charge is 0.489 e. The SMILES string of the molecule is CCCCC(=O)O[C@@H]1CC[C@@H]2[C@@H]3CCc4cc(OCc5ccc(F)cc5)ccc4[C@@H]3CC[C@@]21C. The molecule has 0 unspecified atom stereocenters. The number of hydrogen-bond donors (Lipinski definition) is 0. The molecule has 0 amide bonds. The molecule has 5 rings (SSSR count). The molecule has 3 aliphatic rings. The highest BCUT2D eigenvalue weighted by molar-refractivity contribution is 5.69. The summed E-state index contributed by atoms with van der Waals surface area (Å²) in [4.78, 5) is 12.4. The lowest BCUT2D eigenvalue weighted by Crippen LogP contribution is -2.45. The van der Waals surface area contributed by atoms with Gasteiger partial charge < -0.3 is 9.47 Å². The van der Waals surface area contributed by atoms with Gasteiger partial charge in [-0.1, -0.05) is 38.5 Å². The molecule has 2 aromatic carbocycles. The summed E-state index contributed by atoms with van der Waals surface area (Å²) in [6.45, 7) is 4.95. The number of carbonyl (C=O) groups is 1. The van der Waals surface area contributed by atoms with Crippen LogP contribution in [0.1, 0.15) is 87.8 Å². The van der Waals surface area contributed by atoms with Crippen LogP contribution in [0.2, 0.25) is 0 Å². The highest BCUT2D eigenvalue weighted by Crippen LogP contribution is 2.61. The van der Waals surface area contributed by atoms with Gasteiger partial charge in [0, 0.05) is 11.8 Å². The molecule has 3 aliphatic carbocycles. The normalized spacial score (nSPS) is 29.6. The third-order valence-electron chi connectivity index (χ3n) is 8.94. The fraction of sp³-hybridized carbons (Fsp3) is 0.567. The lowest BCUT2D eigenvalue weighted by atomic mass is 9.55. The van der Waals surface area contributed by atoms with E-state index in [0.29, 0.717) is 30.8 Å². The molecule has 0 spiro atoms. The van der Waals surface area contributed by atoms with Crippen molar-refractivity contribution in [2.24, 2.45) is 17.3 Å². The van der Waals surface area contributed by atoms with Crippen LogP contribution < -0.4 is 4.74 Å². The van der Waals surface area contributed by atoms with E-state index in [1.54, 1.807) is 12.1 Å². The first-order chi connectivity index (χ1) is 16.5. The molecule has 34 heavy (non-hydrogen) atoms. The molecule has 0 aromatic heterocycles. The average molecular weight is 465 g/mol. The first-order valence-corrected chi connectivity index (χ1v) is 13.2. The second-order valence-corrected chi connectivity index (χ2v) is 10.9. The predicted molar refractivity (Wildman–Crippen MR) is 131 cm³/mol. The Balaban J connectivity index is 1.25. The molecule has 0 saturated heterocycles. The summed E-state index contributed by atoms with van der Waals surface area (Å²) in [5.74, 6) is 2.58. The number of unbranched alkanes of at least 4 members (excludes halogenated alkanes) is 1. The fourth-order valence-corrected chi connectivity index (χ4v) is 7.08. The first kappa shape index (κ1) is 23.4. The molecule has 182 valence electrons. The quantitative estimate of drug-likeness (QED) is 0.402. The average Bonchev–Trinajstić information content (AvgIpc) is 3.18. The minimum Gasteiger partial charge on any atom is -0.489 e. The molecule has 2 fully saturated rings. The van der Waals surface area contributed by atoms with Crippen LogP contribution in [-0.2, 0) is 22.6 Å². The number of hydrogen-bond acceptors (Lipinski definition) is 3. The molecule has 0 bridgehead atoms. The number of rotatable bonds is 7. The van der Waals surface area contributed by atoms with Crippen molar-refractivity contribution in [2.45, 2.75) is 90.3 Å². The van der Waals surface area contributed by atoms with Crippen molar-refractivity contribution in [3.05, 3.63) is 65.0 Å². The van der Waals surface area contributed by atoms with Crippen molar-refractivity contribution in [3.63, 3.8) is 0 Å². The van der Waals surface area contributed by atoms with Crippen LogP contribution in [0.25, 0.3) is 0 Å². The summed E-state index contributed by atoms with van der Waals surface area (Å²) in [5.41, 5.74) is 4.01. The van der Waals surface area contributed by atoms with Gasteiger partial charge in [-0.3, -0.25) is 4.79 Å². The van der Waals surface area contributed by atoms with E-state index in [9.17, 15) is 9.18 Å². The highest BCUT2D eigenvalue weighted by Gasteiger charge is 2.56. The maximum absolute atomic E-state index is 13.1. The van der Waals surface area contributed by atoms with Crippen molar-refractivity contribution < 1.29 is 18.7 Å². The van der Waals surface area contributed by atoms with Gasteiger partial charge in [0.25, 0.3) is 0 Å². The topological polar surface area (TPSA) is 35.5 Å². The molecule has 2 aromatic rings. The molecule has 4 heteroatoms. The summed E-state index contributed by atoms with van der Waals surface area (Å²) in [6, 6.07) is 13.1. The Hall–Kier alpha value is -2.36. The highest BCUT2D eigenvalue weighted by atomic mass is 19.1. The van der Waals surface area contributed by atoms with Crippen LogP contribution in [-0.4, -0.2) is 12.1 Å². The fourth-order valence-electron chi connectivity index (χ4n) is 7.08. The van der Waals surface area contributed by atoms with E-state index in [1.165, 1.54) is 42.5 Å².